The zero-order valence-corrected chi connectivity index (χ0v) is 19.2. The fourth-order valence-corrected chi connectivity index (χ4v) is 5.18. The van der Waals surface area contributed by atoms with Crippen molar-refractivity contribution in [3.8, 4) is 17.2 Å². The smallest absolute Gasteiger partial charge is 0.253 e. The number of benzene rings is 2. The van der Waals surface area contributed by atoms with Crippen molar-refractivity contribution in [3.63, 3.8) is 0 Å². The van der Waals surface area contributed by atoms with Crippen LogP contribution in [0.3, 0.4) is 0 Å². The summed E-state index contributed by atoms with van der Waals surface area (Å²) in [6, 6.07) is 7.61. The molecule has 0 aromatic heterocycles. The van der Waals surface area contributed by atoms with Crippen molar-refractivity contribution in [3.05, 3.63) is 46.5 Å². The molecule has 0 aliphatic carbocycles. The van der Waals surface area contributed by atoms with E-state index in [9.17, 15) is 13.2 Å². The third-order valence-electron chi connectivity index (χ3n) is 5.06. The standard InChI is InChI=1S/C21H25ClN2O6S/c1-28-18-10-14(11-19(29-2)20(18)30-3)13-23-21(25)16-12-15(6-7-17(16)22)31(26,27)24-8-4-5-9-24/h6-7,10-12H,4-5,8-9,13H2,1-3H3,(H,23,25). The van der Waals surface area contributed by atoms with E-state index in [0.717, 1.165) is 12.8 Å². The number of halogens is 1. The van der Waals surface area contributed by atoms with Gasteiger partial charge in [-0.05, 0) is 48.7 Å². The third-order valence-corrected chi connectivity index (χ3v) is 7.29. The molecule has 1 aliphatic heterocycles. The second-order valence-electron chi connectivity index (χ2n) is 6.97. The Morgan fingerprint density at radius 2 is 1.65 bits per heavy atom. The predicted molar refractivity (Wildman–Crippen MR) is 117 cm³/mol. The van der Waals surface area contributed by atoms with Crippen LogP contribution in [0.15, 0.2) is 35.2 Å². The Hall–Kier alpha value is -2.49. The maximum atomic E-state index is 12.8. The molecule has 0 unspecified atom stereocenters. The van der Waals surface area contributed by atoms with Crippen LogP contribution in [0.1, 0.15) is 28.8 Å². The highest BCUT2D eigenvalue weighted by Crippen LogP contribution is 2.38. The van der Waals surface area contributed by atoms with E-state index in [0.29, 0.717) is 35.9 Å². The van der Waals surface area contributed by atoms with E-state index in [4.69, 9.17) is 25.8 Å². The third kappa shape index (κ3) is 4.89. The molecule has 1 saturated heterocycles. The number of rotatable bonds is 8. The van der Waals surface area contributed by atoms with Gasteiger partial charge in [0, 0.05) is 19.6 Å². The van der Waals surface area contributed by atoms with Crippen molar-refractivity contribution < 1.29 is 27.4 Å². The van der Waals surface area contributed by atoms with E-state index in [1.807, 2.05) is 0 Å². The van der Waals surface area contributed by atoms with Crippen molar-refractivity contribution in [2.24, 2.45) is 0 Å². The molecule has 31 heavy (non-hydrogen) atoms. The Labute approximate surface area is 187 Å². The molecular formula is C21H25ClN2O6S. The highest BCUT2D eigenvalue weighted by molar-refractivity contribution is 7.89. The van der Waals surface area contributed by atoms with Crippen molar-refractivity contribution in [2.75, 3.05) is 34.4 Å². The molecule has 1 heterocycles. The minimum Gasteiger partial charge on any atom is -0.493 e. The van der Waals surface area contributed by atoms with Gasteiger partial charge in [0.25, 0.3) is 5.91 Å². The van der Waals surface area contributed by atoms with Gasteiger partial charge in [-0.1, -0.05) is 11.6 Å². The van der Waals surface area contributed by atoms with Crippen LogP contribution < -0.4 is 19.5 Å². The molecule has 2 aromatic carbocycles. The molecule has 8 nitrogen and oxygen atoms in total. The van der Waals surface area contributed by atoms with Crippen LogP contribution in [0.4, 0.5) is 0 Å². The maximum absolute atomic E-state index is 12.8. The first-order valence-corrected chi connectivity index (χ1v) is 11.5. The number of nitrogens with one attached hydrogen (secondary N) is 1. The predicted octanol–water partition coefficient (Wildman–Crippen LogP) is 3.08. The molecule has 0 saturated carbocycles. The molecule has 1 amide bonds. The number of nitrogens with zero attached hydrogens (tertiary/aromatic N) is 1. The lowest BCUT2D eigenvalue weighted by Gasteiger charge is -2.17. The Balaban J connectivity index is 1.81. The van der Waals surface area contributed by atoms with Crippen LogP contribution in [0, 0.1) is 0 Å². The number of methoxy groups -OCH3 is 3. The average Bonchev–Trinajstić information content (AvgIpc) is 3.32. The summed E-state index contributed by atoms with van der Waals surface area (Å²) in [7, 11) is 0.862. The van der Waals surface area contributed by atoms with Gasteiger partial charge in [-0.2, -0.15) is 4.31 Å². The lowest BCUT2D eigenvalue weighted by atomic mass is 10.1. The summed E-state index contributed by atoms with van der Waals surface area (Å²) in [5.74, 6) is 0.880. The molecule has 1 fully saturated rings. The van der Waals surface area contributed by atoms with E-state index >= 15 is 0 Å². The lowest BCUT2D eigenvalue weighted by Crippen LogP contribution is -2.28. The van der Waals surface area contributed by atoms with Crippen LogP contribution in [-0.2, 0) is 16.6 Å². The van der Waals surface area contributed by atoms with E-state index in [1.165, 1.54) is 43.8 Å². The second kappa shape index (κ2) is 9.76. The van der Waals surface area contributed by atoms with Crippen LogP contribution in [0.2, 0.25) is 5.02 Å². The Kier molecular flexibility index (Phi) is 7.30. The SMILES string of the molecule is COc1cc(CNC(=O)c2cc(S(=O)(=O)N3CCCC3)ccc2Cl)cc(OC)c1OC. The van der Waals surface area contributed by atoms with E-state index in [-0.39, 0.29) is 22.0 Å². The topological polar surface area (TPSA) is 94.2 Å². The van der Waals surface area contributed by atoms with Crippen LogP contribution in [0.25, 0.3) is 0 Å². The number of carbonyl (C=O) groups excluding carboxylic acids is 1. The minimum absolute atomic E-state index is 0.0525. The Bertz CT molecular complexity index is 1040. The molecule has 0 spiro atoms. The highest BCUT2D eigenvalue weighted by Gasteiger charge is 2.28. The largest absolute Gasteiger partial charge is 0.493 e. The summed E-state index contributed by atoms with van der Waals surface area (Å²) in [6.07, 6.45) is 1.66. The molecule has 1 N–H and O–H groups in total. The van der Waals surface area contributed by atoms with Gasteiger partial charge in [0.15, 0.2) is 11.5 Å². The molecule has 10 heteroatoms. The minimum atomic E-state index is -3.66. The molecule has 2 aromatic rings. The van der Waals surface area contributed by atoms with Crippen LogP contribution >= 0.6 is 11.6 Å². The summed E-state index contributed by atoms with van der Waals surface area (Å²) in [5.41, 5.74) is 0.800. The number of amides is 1. The van der Waals surface area contributed by atoms with Crippen molar-refractivity contribution in [1.82, 2.24) is 9.62 Å². The summed E-state index contributed by atoms with van der Waals surface area (Å²) < 4.78 is 43.0. The number of ether oxygens (including phenoxy) is 3. The van der Waals surface area contributed by atoms with Gasteiger partial charge < -0.3 is 19.5 Å². The van der Waals surface area contributed by atoms with Crippen molar-refractivity contribution >= 4 is 27.5 Å². The van der Waals surface area contributed by atoms with Crippen molar-refractivity contribution in [2.45, 2.75) is 24.3 Å². The van der Waals surface area contributed by atoms with Crippen molar-refractivity contribution in [1.29, 1.82) is 0 Å². The number of hydrogen-bond acceptors (Lipinski definition) is 6. The van der Waals surface area contributed by atoms with E-state index < -0.39 is 15.9 Å². The van der Waals surface area contributed by atoms with E-state index in [1.54, 1.807) is 12.1 Å². The average molecular weight is 469 g/mol. The first-order chi connectivity index (χ1) is 14.8. The zero-order valence-electron chi connectivity index (χ0n) is 17.6. The van der Waals surface area contributed by atoms with Crippen LogP contribution in [0.5, 0.6) is 17.2 Å². The number of hydrogen-bond donors (Lipinski definition) is 1. The van der Waals surface area contributed by atoms with Gasteiger partial charge in [0.1, 0.15) is 0 Å². The quantitative estimate of drug-likeness (QED) is 0.639. The van der Waals surface area contributed by atoms with Gasteiger partial charge in [-0.25, -0.2) is 8.42 Å². The highest BCUT2D eigenvalue weighted by atomic mass is 35.5. The van der Waals surface area contributed by atoms with Gasteiger partial charge >= 0.3 is 0 Å². The summed E-state index contributed by atoms with van der Waals surface area (Å²) in [4.78, 5) is 12.8. The van der Waals surface area contributed by atoms with Gasteiger partial charge in [-0.15, -0.1) is 0 Å². The Morgan fingerprint density at radius 1 is 1.03 bits per heavy atom. The first-order valence-electron chi connectivity index (χ1n) is 9.68. The molecule has 3 rings (SSSR count). The Morgan fingerprint density at radius 3 is 2.19 bits per heavy atom. The molecule has 168 valence electrons. The molecule has 0 bridgehead atoms. The number of carbonyl (C=O) groups is 1. The van der Waals surface area contributed by atoms with Gasteiger partial charge in [0.05, 0.1) is 36.8 Å². The fourth-order valence-electron chi connectivity index (χ4n) is 3.43. The molecule has 0 radical (unpaired) electrons. The summed E-state index contributed by atoms with van der Waals surface area (Å²) in [6.45, 7) is 1.11. The summed E-state index contributed by atoms with van der Waals surface area (Å²) in [5, 5.41) is 2.93. The first kappa shape index (κ1) is 23.2. The molecule has 0 atom stereocenters. The molecule has 1 aliphatic rings. The zero-order chi connectivity index (χ0) is 22.6. The van der Waals surface area contributed by atoms with Gasteiger partial charge in [-0.3, -0.25) is 4.79 Å². The number of sulfonamides is 1. The monoisotopic (exact) mass is 468 g/mol. The van der Waals surface area contributed by atoms with E-state index in [2.05, 4.69) is 5.32 Å². The normalized spacial score (nSPS) is 14.3. The molecular weight excluding hydrogens is 444 g/mol. The maximum Gasteiger partial charge on any atom is 0.253 e. The fraction of sp³-hybridized carbons (Fsp3) is 0.381. The lowest BCUT2D eigenvalue weighted by molar-refractivity contribution is 0.0950. The van der Waals surface area contributed by atoms with Gasteiger partial charge in [0.2, 0.25) is 15.8 Å². The summed E-state index contributed by atoms with van der Waals surface area (Å²) >= 11 is 6.19. The van der Waals surface area contributed by atoms with Crippen LogP contribution in [-0.4, -0.2) is 53.0 Å². The second-order valence-corrected chi connectivity index (χ2v) is 9.31.